The van der Waals surface area contributed by atoms with Gasteiger partial charge in [-0.05, 0) is 18.6 Å². The quantitative estimate of drug-likeness (QED) is 0.363. The summed E-state index contributed by atoms with van der Waals surface area (Å²) in [5.74, 6) is 2.49. The SMILES string of the molecule is C#CCCCNc1cccc(C#N)c1[N+](=O)[O-]. The molecule has 86 valence electrons. The first kappa shape index (κ1) is 12.5. The van der Waals surface area contributed by atoms with E-state index in [1.165, 1.54) is 6.07 Å². The second kappa shape index (κ2) is 6.14. The highest BCUT2D eigenvalue weighted by Gasteiger charge is 2.18. The molecule has 0 saturated carbocycles. The lowest BCUT2D eigenvalue weighted by Crippen LogP contribution is -2.05. The highest BCUT2D eigenvalue weighted by molar-refractivity contribution is 5.68. The topological polar surface area (TPSA) is 79.0 Å². The zero-order valence-corrected chi connectivity index (χ0v) is 9.14. The third-order valence-electron chi connectivity index (χ3n) is 2.15. The van der Waals surface area contributed by atoms with Crippen LogP contribution < -0.4 is 5.32 Å². The number of anilines is 1. The molecular weight excluding hydrogens is 218 g/mol. The van der Waals surface area contributed by atoms with Crippen LogP contribution in [0.4, 0.5) is 11.4 Å². The van der Waals surface area contributed by atoms with Crippen molar-refractivity contribution in [3.63, 3.8) is 0 Å². The maximum absolute atomic E-state index is 10.9. The Kier molecular flexibility index (Phi) is 4.53. The second-order valence-electron chi connectivity index (χ2n) is 3.31. The molecule has 0 radical (unpaired) electrons. The van der Waals surface area contributed by atoms with Gasteiger partial charge >= 0.3 is 5.69 Å². The van der Waals surface area contributed by atoms with Crippen LogP contribution in [0, 0.1) is 33.8 Å². The third-order valence-corrected chi connectivity index (χ3v) is 2.15. The van der Waals surface area contributed by atoms with Crippen LogP contribution >= 0.6 is 0 Å². The Morgan fingerprint density at radius 1 is 1.53 bits per heavy atom. The highest BCUT2D eigenvalue weighted by Crippen LogP contribution is 2.27. The fourth-order valence-electron chi connectivity index (χ4n) is 1.39. The predicted octanol–water partition coefficient (Wildman–Crippen LogP) is 2.29. The number of nitrogens with zero attached hydrogens (tertiary/aromatic N) is 2. The first-order chi connectivity index (χ1) is 8.20. The molecule has 0 aromatic heterocycles. The van der Waals surface area contributed by atoms with Gasteiger partial charge in [-0.2, -0.15) is 5.26 Å². The highest BCUT2D eigenvalue weighted by atomic mass is 16.6. The van der Waals surface area contributed by atoms with Crippen molar-refractivity contribution >= 4 is 11.4 Å². The molecule has 0 aliphatic heterocycles. The minimum absolute atomic E-state index is 0.0527. The molecule has 0 heterocycles. The number of nitriles is 1. The molecule has 1 N–H and O–H groups in total. The molecule has 0 unspecified atom stereocenters. The van der Waals surface area contributed by atoms with Crippen LogP contribution in [0.2, 0.25) is 0 Å². The summed E-state index contributed by atoms with van der Waals surface area (Å²) in [6, 6.07) is 6.41. The van der Waals surface area contributed by atoms with Gasteiger partial charge in [0.15, 0.2) is 0 Å². The van der Waals surface area contributed by atoms with Gasteiger partial charge in [0.25, 0.3) is 0 Å². The molecule has 1 aromatic rings. The number of nitro benzene ring substituents is 1. The molecule has 0 aliphatic rings. The number of nitro groups is 1. The first-order valence-electron chi connectivity index (χ1n) is 5.05. The van der Waals surface area contributed by atoms with E-state index in [0.717, 1.165) is 6.42 Å². The summed E-state index contributed by atoms with van der Waals surface area (Å²) in [6.07, 6.45) is 6.44. The maximum atomic E-state index is 10.9. The molecule has 17 heavy (non-hydrogen) atoms. The molecule has 0 spiro atoms. The van der Waals surface area contributed by atoms with E-state index in [4.69, 9.17) is 11.7 Å². The zero-order valence-electron chi connectivity index (χ0n) is 9.14. The van der Waals surface area contributed by atoms with Crippen molar-refractivity contribution in [3.05, 3.63) is 33.9 Å². The van der Waals surface area contributed by atoms with Crippen molar-refractivity contribution in [2.45, 2.75) is 12.8 Å². The lowest BCUT2D eigenvalue weighted by molar-refractivity contribution is -0.384. The largest absolute Gasteiger partial charge is 0.379 e. The normalized spacial score (nSPS) is 9.06. The van der Waals surface area contributed by atoms with Crippen LogP contribution in [-0.2, 0) is 0 Å². The van der Waals surface area contributed by atoms with E-state index in [-0.39, 0.29) is 11.3 Å². The van der Waals surface area contributed by atoms with Crippen LogP contribution in [0.5, 0.6) is 0 Å². The van der Waals surface area contributed by atoms with E-state index in [1.54, 1.807) is 18.2 Å². The van der Waals surface area contributed by atoms with E-state index in [1.807, 2.05) is 0 Å². The van der Waals surface area contributed by atoms with Gasteiger partial charge in [0.05, 0.1) is 4.92 Å². The van der Waals surface area contributed by atoms with Gasteiger partial charge in [0, 0.05) is 13.0 Å². The number of unbranched alkanes of at least 4 members (excludes halogenated alkanes) is 1. The summed E-state index contributed by atoms with van der Waals surface area (Å²) in [7, 11) is 0. The fourth-order valence-corrected chi connectivity index (χ4v) is 1.39. The Morgan fingerprint density at radius 3 is 2.88 bits per heavy atom. The van der Waals surface area contributed by atoms with E-state index in [2.05, 4.69) is 11.2 Å². The monoisotopic (exact) mass is 229 g/mol. The van der Waals surface area contributed by atoms with Crippen molar-refractivity contribution in [2.75, 3.05) is 11.9 Å². The smallest absolute Gasteiger partial charge is 0.309 e. The van der Waals surface area contributed by atoms with E-state index < -0.39 is 4.92 Å². The number of nitrogens with one attached hydrogen (secondary N) is 1. The minimum atomic E-state index is -0.554. The van der Waals surface area contributed by atoms with Gasteiger partial charge in [0.1, 0.15) is 17.3 Å². The van der Waals surface area contributed by atoms with Crippen LogP contribution in [0.15, 0.2) is 18.2 Å². The molecule has 5 heteroatoms. The Hall–Kier alpha value is -2.53. The summed E-state index contributed by atoms with van der Waals surface area (Å²) in [4.78, 5) is 10.3. The first-order valence-corrected chi connectivity index (χ1v) is 5.05. The Balaban J connectivity index is 2.89. The van der Waals surface area contributed by atoms with Gasteiger partial charge in [-0.25, -0.2) is 0 Å². The molecule has 0 fully saturated rings. The van der Waals surface area contributed by atoms with Crippen LogP contribution in [-0.4, -0.2) is 11.5 Å². The maximum Gasteiger partial charge on any atom is 0.309 e. The van der Waals surface area contributed by atoms with Crippen molar-refractivity contribution in [1.82, 2.24) is 0 Å². The number of terminal acetylenes is 1. The van der Waals surface area contributed by atoms with Gasteiger partial charge in [-0.15, -0.1) is 12.3 Å². The van der Waals surface area contributed by atoms with Crippen LogP contribution in [0.3, 0.4) is 0 Å². The molecule has 0 bridgehead atoms. The molecule has 1 rings (SSSR count). The Labute approximate surface area is 99.2 Å². The Morgan fingerprint density at radius 2 is 2.29 bits per heavy atom. The standard InChI is InChI=1S/C12H11N3O2/c1-2-3-4-8-14-11-7-5-6-10(9-13)12(11)15(16)17/h1,5-7,14H,3-4,8H2. The van der Waals surface area contributed by atoms with Crippen LogP contribution in [0.1, 0.15) is 18.4 Å². The van der Waals surface area contributed by atoms with Gasteiger partial charge in [-0.1, -0.05) is 6.07 Å². The lowest BCUT2D eigenvalue weighted by Gasteiger charge is -2.06. The summed E-state index contributed by atoms with van der Waals surface area (Å²) >= 11 is 0. The van der Waals surface area contributed by atoms with E-state index >= 15 is 0 Å². The fraction of sp³-hybridized carbons (Fsp3) is 0.250. The number of benzene rings is 1. The average molecular weight is 229 g/mol. The van der Waals surface area contributed by atoms with Crippen LogP contribution in [0.25, 0.3) is 0 Å². The van der Waals surface area contributed by atoms with Crippen molar-refractivity contribution in [1.29, 1.82) is 5.26 Å². The number of hydrogen-bond donors (Lipinski definition) is 1. The third kappa shape index (κ3) is 3.22. The number of rotatable bonds is 5. The number of para-hydroxylation sites is 1. The predicted molar refractivity (Wildman–Crippen MR) is 64.4 cm³/mol. The molecule has 0 amide bonds. The van der Waals surface area contributed by atoms with Gasteiger partial charge < -0.3 is 5.32 Å². The van der Waals surface area contributed by atoms with E-state index in [0.29, 0.717) is 18.7 Å². The van der Waals surface area contributed by atoms with Gasteiger partial charge in [-0.3, -0.25) is 10.1 Å². The molecule has 0 saturated heterocycles. The molecule has 0 atom stereocenters. The van der Waals surface area contributed by atoms with Crippen molar-refractivity contribution in [3.8, 4) is 18.4 Å². The molecular formula is C12H11N3O2. The van der Waals surface area contributed by atoms with Gasteiger partial charge in [0.2, 0.25) is 0 Å². The lowest BCUT2D eigenvalue weighted by atomic mass is 10.1. The molecule has 5 nitrogen and oxygen atoms in total. The Bertz CT molecular complexity index is 497. The zero-order chi connectivity index (χ0) is 12.7. The van der Waals surface area contributed by atoms with E-state index in [9.17, 15) is 10.1 Å². The van der Waals surface area contributed by atoms with Crippen molar-refractivity contribution in [2.24, 2.45) is 0 Å². The second-order valence-corrected chi connectivity index (χ2v) is 3.31. The summed E-state index contributed by atoms with van der Waals surface area (Å²) < 4.78 is 0. The minimum Gasteiger partial charge on any atom is -0.379 e. The number of hydrogen-bond acceptors (Lipinski definition) is 4. The summed E-state index contributed by atoms with van der Waals surface area (Å²) in [5, 5.41) is 22.6. The molecule has 1 aromatic carbocycles. The summed E-state index contributed by atoms with van der Waals surface area (Å²) in [5.41, 5.74) is 0.221. The van der Waals surface area contributed by atoms with Crippen molar-refractivity contribution < 1.29 is 4.92 Å². The summed E-state index contributed by atoms with van der Waals surface area (Å²) in [6.45, 7) is 0.542. The molecule has 0 aliphatic carbocycles. The average Bonchev–Trinajstić information content (AvgIpc) is 2.33.